The molecule has 2 aliphatic rings. The molecule has 1 N–H and O–H groups in total. The summed E-state index contributed by atoms with van der Waals surface area (Å²) in [7, 11) is 3.47. The summed E-state index contributed by atoms with van der Waals surface area (Å²) >= 11 is 0. The fraction of sp³-hybridized carbons (Fsp3) is 0.423. The van der Waals surface area contributed by atoms with Crippen molar-refractivity contribution >= 4 is 28.7 Å². The first kappa shape index (κ1) is 23.2. The summed E-state index contributed by atoms with van der Waals surface area (Å²) < 4.78 is 5.28. The molecule has 2 amide bonds. The van der Waals surface area contributed by atoms with Crippen LogP contribution >= 0.6 is 0 Å². The molecular formula is C26H30N6O3. The molecule has 0 atom stereocenters. The number of aryl methyl sites for hydroxylation is 1. The molecule has 5 heterocycles. The van der Waals surface area contributed by atoms with Gasteiger partial charge in [-0.1, -0.05) is 6.07 Å². The zero-order valence-corrected chi connectivity index (χ0v) is 20.2. The van der Waals surface area contributed by atoms with Gasteiger partial charge in [-0.15, -0.1) is 0 Å². The van der Waals surface area contributed by atoms with Crippen LogP contribution in [0.2, 0.25) is 0 Å². The van der Waals surface area contributed by atoms with E-state index in [9.17, 15) is 9.59 Å². The summed E-state index contributed by atoms with van der Waals surface area (Å²) in [6.45, 7) is 2.78. The van der Waals surface area contributed by atoms with Gasteiger partial charge in [0.15, 0.2) is 0 Å². The number of methoxy groups -OCH3 is 1. The number of hydrogen-bond acceptors (Lipinski definition) is 7. The van der Waals surface area contributed by atoms with E-state index < -0.39 is 0 Å². The summed E-state index contributed by atoms with van der Waals surface area (Å²) in [5.41, 5.74) is 4.28. The lowest BCUT2D eigenvalue weighted by atomic mass is 10.0. The third kappa shape index (κ3) is 4.95. The Balaban J connectivity index is 1.17. The van der Waals surface area contributed by atoms with Gasteiger partial charge in [-0.05, 0) is 55.0 Å². The molecule has 0 bridgehead atoms. The molecule has 9 heteroatoms. The van der Waals surface area contributed by atoms with Gasteiger partial charge in [0, 0.05) is 51.4 Å². The number of carbonyl (C=O) groups is 2. The van der Waals surface area contributed by atoms with E-state index in [1.165, 1.54) is 0 Å². The molecule has 0 radical (unpaired) electrons. The van der Waals surface area contributed by atoms with E-state index >= 15 is 0 Å². The van der Waals surface area contributed by atoms with Gasteiger partial charge in [-0.2, -0.15) is 0 Å². The lowest BCUT2D eigenvalue weighted by Gasteiger charge is -2.36. The normalized spacial score (nSPS) is 16.6. The van der Waals surface area contributed by atoms with Crippen LogP contribution < -0.4 is 10.1 Å². The molecule has 0 aromatic carbocycles. The summed E-state index contributed by atoms with van der Waals surface area (Å²) in [5, 5.41) is 2.78. The summed E-state index contributed by atoms with van der Waals surface area (Å²) in [5.74, 6) is 0.960. The van der Waals surface area contributed by atoms with Crippen molar-refractivity contribution in [3.05, 3.63) is 53.3 Å². The Hall–Kier alpha value is -3.59. The zero-order valence-electron chi connectivity index (χ0n) is 20.2. The first-order valence-corrected chi connectivity index (χ1v) is 12.1. The Kier molecular flexibility index (Phi) is 6.59. The Morgan fingerprint density at radius 1 is 1.14 bits per heavy atom. The molecule has 3 aromatic rings. The van der Waals surface area contributed by atoms with Gasteiger partial charge in [-0.3, -0.25) is 14.6 Å². The van der Waals surface area contributed by atoms with Gasteiger partial charge >= 0.3 is 0 Å². The van der Waals surface area contributed by atoms with Gasteiger partial charge in [-0.25, -0.2) is 9.97 Å². The van der Waals surface area contributed by atoms with E-state index in [1.54, 1.807) is 13.2 Å². The SMILES string of the molecule is COc1ccc2nccc(CCN3CCC(N(C)C(=O)c4ccc5c(n4)NC(=O)CC5)CC3)c2n1. The predicted molar refractivity (Wildman–Crippen MR) is 133 cm³/mol. The minimum atomic E-state index is -0.102. The summed E-state index contributed by atoms with van der Waals surface area (Å²) in [6.07, 6.45) is 5.65. The number of carbonyl (C=O) groups excluding carboxylic acids is 2. The lowest BCUT2D eigenvalue weighted by molar-refractivity contribution is -0.116. The highest BCUT2D eigenvalue weighted by atomic mass is 16.5. The van der Waals surface area contributed by atoms with Crippen molar-refractivity contribution in [3.63, 3.8) is 0 Å². The van der Waals surface area contributed by atoms with Gasteiger partial charge in [0.25, 0.3) is 5.91 Å². The van der Waals surface area contributed by atoms with E-state index in [1.807, 2.05) is 42.4 Å². The van der Waals surface area contributed by atoms with Gasteiger partial charge in [0.2, 0.25) is 11.8 Å². The monoisotopic (exact) mass is 474 g/mol. The maximum atomic E-state index is 13.1. The molecule has 9 nitrogen and oxygen atoms in total. The van der Waals surface area contributed by atoms with Crippen LogP contribution in [0.3, 0.4) is 0 Å². The number of likely N-dealkylation sites (tertiary alicyclic amines) is 1. The van der Waals surface area contributed by atoms with Crippen LogP contribution in [-0.2, 0) is 17.6 Å². The largest absolute Gasteiger partial charge is 0.481 e. The van der Waals surface area contributed by atoms with Crippen LogP contribution in [0.25, 0.3) is 11.0 Å². The smallest absolute Gasteiger partial charge is 0.272 e. The molecule has 0 saturated carbocycles. The van der Waals surface area contributed by atoms with Crippen LogP contribution in [0.1, 0.15) is 40.9 Å². The minimum absolute atomic E-state index is 0.0509. The number of pyridine rings is 3. The number of amides is 2. The second-order valence-electron chi connectivity index (χ2n) is 9.18. The molecule has 35 heavy (non-hydrogen) atoms. The molecule has 5 rings (SSSR count). The van der Waals surface area contributed by atoms with E-state index in [0.717, 1.165) is 61.1 Å². The summed E-state index contributed by atoms with van der Waals surface area (Å²) in [4.78, 5) is 42.5. The average molecular weight is 475 g/mol. The van der Waals surface area contributed by atoms with Crippen LogP contribution in [0, 0.1) is 0 Å². The molecule has 0 unspecified atom stereocenters. The number of nitrogens with zero attached hydrogens (tertiary/aromatic N) is 5. The first-order chi connectivity index (χ1) is 17.0. The van der Waals surface area contributed by atoms with Crippen LogP contribution in [0.4, 0.5) is 5.82 Å². The molecule has 182 valence electrons. The molecular weight excluding hydrogens is 444 g/mol. The van der Waals surface area contributed by atoms with Crippen molar-refractivity contribution in [2.45, 2.75) is 38.1 Å². The lowest BCUT2D eigenvalue weighted by Crippen LogP contribution is -2.46. The Morgan fingerprint density at radius 3 is 2.77 bits per heavy atom. The van der Waals surface area contributed by atoms with Crippen LogP contribution in [0.5, 0.6) is 5.88 Å². The molecule has 0 aliphatic carbocycles. The summed E-state index contributed by atoms with van der Waals surface area (Å²) in [6, 6.07) is 9.64. The molecule has 1 saturated heterocycles. The Labute approximate surface area is 204 Å². The number of nitrogens with one attached hydrogen (secondary N) is 1. The highest BCUT2D eigenvalue weighted by Crippen LogP contribution is 2.23. The maximum absolute atomic E-state index is 13.1. The number of ether oxygens (including phenoxy) is 1. The number of fused-ring (bicyclic) bond motifs is 2. The van der Waals surface area contributed by atoms with Gasteiger partial charge in [0.05, 0.1) is 18.1 Å². The van der Waals surface area contributed by atoms with E-state index in [2.05, 4.69) is 25.2 Å². The van der Waals surface area contributed by atoms with Crippen molar-refractivity contribution in [1.82, 2.24) is 24.8 Å². The zero-order chi connectivity index (χ0) is 24.4. The highest BCUT2D eigenvalue weighted by Gasteiger charge is 2.27. The van der Waals surface area contributed by atoms with Crippen LogP contribution in [-0.4, -0.2) is 76.4 Å². The maximum Gasteiger partial charge on any atom is 0.272 e. The van der Waals surface area contributed by atoms with Crippen molar-refractivity contribution in [3.8, 4) is 5.88 Å². The average Bonchev–Trinajstić information content (AvgIpc) is 2.90. The Bertz CT molecular complexity index is 1260. The van der Waals surface area contributed by atoms with Gasteiger partial charge in [0.1, 0.15) is 11.5 Å². The fourth-order valence-electron chi connectivity index (χ4n) is 4.89. The van der Waals surface area contributed by atoms with E-state index in [0.29, 0.717) is 30.2 Å². The molecule has 0 spiro atoms. The second-order valence-corrected chi connectivity index (χ2v) is 9.18. The highest BCUT2D eigenvalue weighted by molar-refractivity contribution is 5.96. The van der Waals surface area contributed by atoms with Crippen molar-refractivity contribution in [1.29, 1.82) is 0 Å². The number of rotatable bonds is 6. The molecule has 2 aliphatic heterocycles. The third-order valence-electron chi connectivity index (χ3n) is 7.05. The molecule has 3 aromatic heterocycles. The second kappa shape index (κ2) is 9.95. The third-order valence-corrected chi connectivity index (χ3v) is 7.05. The minimum Gasteiger partial charge on any atom is -0.481 e. The first-order valence-electron chi connectivity index (χ1n) is 12.1. The topological polar surface area (TPSA) is 101 Å². The predicted octanol–water partition coefficient (Wildman–Crippen LogP) is 2.70. The van der Waals surface area contributed by atoms with Crippen LogP contribution in [0.15, 0.2) is 36.5 Å². The standard InChI is InChI=1S/C26H30N6O3/c1-31(26(34)21-5-3-18-4-7-22(33)29-25(18)28-21)19-11-15-32(16-12-19)14-10-17-9-13-27-20-6-8-23(35-2)30-24(17)20/h3,5-6,8-9,13,19H,4,7,10-12,14-16H2,1-2H3,(H,28,29,33). The number of aromatic nitrogens is 3. The van der Waals surface area contributed by atoms with Crippen molar-refractivity contribution < 1.29 is 14.3 Å². The van der Waals surface area contributed by atoms with Crippen molar-refractivity contribution in [2.24, 2.45) is 0 Å². The van der Waals surface area contributed by atoms with E-state index in [4.69, 9.17) is 4.74 Å². The van der Waals surface area contributed by atoms with Crippen molar-refractivity contribution in [2.75, 3.05) is 39.1 Å². The number of piperidine rings is 1. The number of anilines is 1. The van der Waals surface area contributed by atoms with Gasteiger partial charge < -0.3 is 19.9 Å². The Morgan fingerprint density at radius 2 is 1.97 bits per heavy atom. The quantitative estimate of drug-likeness (QED) is 0.586. The number of hydrogen-bond donors (Lipinski definition) is 1. The van der Waals surface area contributed by atoms with E-state index in [-0.39, 0.29) is 17.9 Å². The molecule has 1 fully saturated rings. The fourth-order valence-corrected chi connectivity index (χ4v) is 4.89.